The van der Waals surface area contributed by atoms with Gasteiger partial charge >= 0.3 is 0 Å². The zero-order valence-electron chi connectivity index (χ0n) is 11.8. The lowest BCUT2D eigenvalue weighted by molar-refractivity contribution is 0.0831. The lowest BCUT2D eigenvalue weighted by Crippen LogP contribution is -2.05. The van der Waals surface area contributed by atoms with Gasteiger partial charge in [0.05, 0.1) is 19.3 Å². The first-order valence-electron chi connectivity index (χ1n) is 6.80. The Balaban J connectivity index is 2.12. The maximum Gasteiger partial charge on any atom is 0.0892 e. The molecule has 0 aromatic heterocycles. The molecule has 19 heavy (non-hydrogen) atoms. The molecule has 0 saturated heterocycles. The van der Waals surface area contributed by atoms with Crippen LogP contribution in [0.5, 0.6) is 0 Å². The van der Waals surface area contributed by atoms with E-state index in [1.54, 1.807) is 13.2 Å². The predicted octanol–water partition coefficient (Wildman–Crippen LogP) is 4.00. The SMILES string of the molecule is C=CCOCCC=C1c2ccccc2[C@@H](OC)[C@@H]1C. The van der Waals surface area contributed by atoms with Crippen molar-refractivity contribution in [2.45, 2.75) is 19.4 Å². The molecule has 1 aliphatic rings. The molecule has 0 amide bonds. The number of methoxy groups -OCH3 is 1. The van der Waals surface area contributed by atoms with Gasteiger partial charge in [-0.25, -0.2) is 0 Å². The molecule has 0 spiro atoms. The maximum absolute atomic E-state index is 5.64. The van der Waals surface area contributed by atoms with E-state index in [1.807, 2.05) is 0 Å². The Morgan fingerprint density at radius 1 is 1.32 bits per heavy atom. The highest BCUT2D eigenvalue weighted by atomic mass is 16.5. The molecular formula is C17H22O2. The summed E-state index contributed by atoms with van der Waals surface area (Å²) in [7, 11) is 1.79. The van der Waals surface area contributed by atoms with Gasteiger partial charge in [-0.1, -0.05) is 43.3 Å². The third-order valence-corrected chi connectivity index (χ3v) is 3.64. The van der Waals surface area contributed by atoms with E-state index in [4.69, 9.17) is 9.47 Å². The zero-order valence-corrected chi connectivity index (χ0v) is 11.8. The molecule has 0 saturated carbocycles. The Kier molecular flexibility index (Phi) is 4.94. The smallest absolute Gasteiger partial charge is 0.0892 e. The highest BCUT2D eigenvalue weighted by Gasteiger charge is 2.32. The van der Waals surface area contributed by atoms with Crippen LogP contribution >= 0.6 is 0 Å². The van der Waals surface area contributed by atoms with Crippen LogP contribution in [0.1, 0.15) is 30.6 Å². The summed E-state index contributed by atoms with van der Waals surface area (Å²) in [5.41, 5.74) is 4.01. The summed E-state index contributed by atoms with van der Waals surface area (Å²) in [6.45, 7) is 7.23. The molecule has 0 aliphatic heterocycles. The highest BCUT2D eigenvalue weighted by Crippen LogP contribution is 2.45. The Hall–Kier alpha value is -1.38. The van der Waals surface area contributed by atoms with Crippen LogP contribution in [0.15, 0.2) is 43.0 Å². The minimum absolute atomic E-state index is 0.177. The molecule has 1 aromatic rings. The Morgan fingerprint density at radius 3 is 2.84 bits per heavy atom. The van der Waals surface area contributed by atoms with Gasteiger partial charge in [-0.2, -0.15) is 0 Å². The molecule has 0 unspecified atom stereocenters. The van der Waals surface area contributed by atoms with Gasteiger partial charge in [-0.15, -0.1) is 6.58 Å². The van der Waals surface area contributed by atoms with E-state index in [2.05, 4.69) is 43.8 Å². The summed E-state index contributed by atoms with van der Waals surface area (Å²) in [6, 6.07) is 8.51. The van der Waals surface area contributed by atoms with Gasteiger partial charge in [0.25, 0.3) is 0 Å². The second-order valence-corrected chi connectivity index (χ2v) is 4.84. The zero-order chi connectivity index (χ0) is 13.7. The first kappa shape index (κ1) is 14.0. The third-order valence-electron chi connectivity index (χ3n) is 3.64. The van der Waals surface area contributed by atoms with Crippen LogP contribution in [0.4, 0.5) is 0 Å². The maximum atomic E-state index is 5.64. The number of ether oxygens (including phenoxy) is 2. The number of rotatable bonds is 6. The lowest BCUT2D eigenvalue weighted by atomic mass is 9.99. The van der Waals surface area contributed by atoms with Gasteiger partial charge in [-0.3, -0.25) is 0 Å². The first-order valence-corrected chi connectivity index (χ1v) is 6.80. The number of hydrogen-bond acceptors (Lipinski definition) is 2. The minimum atomic E-state index is 0.177. The summed E-state index contributed by atoms with van der Waals surface area (Å²) in [6.07, 6.45) is 5.17. The minimum Gasteiger partial charge on any atom is -0.377 e. The van der Waals surface area contributed by atoms with Crippen molar-refractivity contribution >= 4 is 5.57 Å². The molecular weight excluding hydrogens is 236 g/mol. The van der Waals surface area contributed by atoms with E-state index in [0.717, 1.165) is 13.0 Å². The normalized spacial score (nSPS) is 23.6. The molecule has 102 valence electrons. The fourth-order valence-electron chi connectivity index (χ4n) is 2.78. The van der Waals surface area contributed by atoms with Crippen LogP contribution in [-0.2, 0) is 9.47 Å². The van der Waals surface area contributed by atoms with Crippen molar-refractivity contribution in [3.8, 4) is 0 Å². The molecule has 1 aromatic carbocycles. The number of benzene rings is 1. The standard InChI is InChI=1S/C17H22O2/c1-4-11-19-12-7-10-14-13(2)17(18-3)16-9-6-5-8-15(14)16/h4-6,8-10,13,17H,1,7,11-12H2,2-3H3/t13-,17+/m1/s1. The lowest BCUT2D eigenvalue weighted by Gasteiger charge is -2.15. The Morgan fingerprint density at radius 2 is 2.11 bits per heavy atom. The predicted molar refractivity (Wildman–Crippen MR) is 79.0 cm³/mol. The summed E-state index contributed by atoms with van der Waals surface area (Å²) in [4.78, 5) is 0. The van der Waals surface area contributed by atoms with Gasteiger partial charge in [0.15, 0.2) is 0 Å². The van der Waals surface area contributed by atoms with E-state index < -0.39 is 0 Å². The molecule has 0 bridgehead atoms. The monoisotopic (exact) mass is 258 g/mol. The summed E-state index contributed by atoms with van der Waals surface area (Å²) in [5.74, 6) is 0.404. The van der Waals surface area contributed by atoms with Crippen molar-refractivity contribution in [2.24, 2.45) is 5.92 Å². The van der Waals surface area contributed by atoms with Crippen LogP contribution in [0.3, 0.4) is 0 Å². The van der Waals surface area contributed by atoms with Crippen LogP contribution in [-0.4, -0.2) is 20.3 Å². The van der Waals surface area contributed by atoms with Crippen LogP contribution in [0.25, 0.3) is 5.57 Å². The van der Waals surface area contributed by atoms with Crippen LogP contribution in [0.2, 0.25) is 0 Å². The fourth-order valence-corrected chi connectivity index (χ4v) is 2.78. The Bertz CT molecular complexity index is 462. The van der Waals surface area contributed by atoms with Crippen molar-refractivity contribution in [3.05, 3.63) is 54.1 Å². The topological polar surface area (TPSA) is 18.5 Å². The van der Waals surface area contributed by atoms with Gasteiger partial charge in [0.1, 0.15) is 0 Å². The number of hydrogen-bond donors (Lipinski definition) is 0. The van der Waals surface area contributed by atoms with Gasteiger partial charge < -0.3 is 9.47 Å². The first-order chi connectivity index (χ1) is 9.29. The van der Waals surface area contributed by atoms with E-state index in [0.29, 0.717) is 12.5 Å². The van der Waals surface area contributed by atoms with Crippen LogP contribution < -0.4 is 0 Å². The largest absolute Gasteiger partial charge is 0.377 e. The molecule has 2 atom stereocenters. The van der Waals surface area contributed by atoms with Crippen molar-refractivity contribution in [1.29, 1.82) is 0 Å². The molecule has 2 rings (SSSR count). The molecule has 0 fully saturated rings. The second-order valence-electron chi connectivity index (χ2n) is 4.84. The van der Waals surface area contributed by atoms with E-state index in [9.17, 15) is 0 Å². The van der Waals surface area contributed by atoms with E-state index in [-0.39, 0.29) is 6.10 Å². The average molecular weight is 258 g/mol. The van der Waals surface area contributed by atoms with Crippen molar-refractivity contribution < 1.29 is 9.47 Å². The molecule has 2 heteroatoms. The van der Waals surface area contributed by atoms with Crippen LogP contribution in [0, 0.1) is 5.92 Å². The molecule has 0 heterocycles. The van der Waals surface area contributed by atoms with Gasteiger partial charge in [0, 0.05) is 13.0 Å². The van der Waals surface area contributed by atoms with Crippen molar-refractivity contribution in [1.82, 2.24) is 0 Å². The second kappa shape index (κ2) is 6.69. The summed E-state index contributed by atoms with van der Waals surface area (Å²) in [5, 5.41) is 0. The fraction of sp³-hybridized carbons (Fsp3) is 0.412. The summed E-state index contributed by atoms with van der Waals surface area (Å²) < 4.78 is 11.1. The van der Waals surface area contributed by atoms with Crippen molar-refractivity contribution in [2.75, 3.05) is 20.3 Å². The molecule has 0 radical (unpaired) electrons. The highest BCUT2D eigenvalue weighted by molar-refractivity contribution is 5.75. The van der Waals surface area contributed by atoms with Crippen molar-refractivity contribution in [3.63, 3.8) is 0 Å². The molecule has 0 N–H and O–H groups in total. The quantitative estimate of drug-likeness (QED) is 0.567. The Labute approximate surface area is 115 Å². The van der Waals surface area contributed by atoms with Gasteiger partial charge in [0.2, 0.25) is 0 Å². The molecule has 1 aliphatic carbocycles. The third kappa shape index (κ3) is 2.96. The average Bonchev–Trinajstić information content (AvgIpc) is 2.71. The van der Waals surface area contributed by atoms with E-state index in [1.165, 1.54) is 16.7 Å². The molecule has 2 nitrogen and oxygen atoms in total. The van der Waals surface area contributed by atoms with Gasteiger partial charge in [-0.05, 0) is 23.1 Å². The number of fused-ring (bicyclic) bond motifs is 1. The van der Waals surface area contributed by atoms with E-state index >= 15 is 0 Å². The summed E-state index contributed by atoms with van der Waals surface area (Å²) >= 11 is 0.